The lowest BCUT2D eigenvalue weighted by Gasteiger charge is -2.16. The van der Waals surface area contributed by atoms with E-state index in [4.69, 9.17) is 27.9 Å². The number of pyridine rings is 1. The highest BCUT2D eigenvalue weighted by Gasteiger charge is 2.12. The Kier molecular flexibility index (Phi) is 4.49. The maximum Gasteiger partial charge on any atom is 0.139 e. The van der Waals surface area contributed by atoms with E-state index in [-0.39, 0.29) is 6.10 Å². The molecule has 0 bridgehead atoms. The van der Waals surface area contributed by atoms with Crippen molar-refractivity contribution in [1.82, 2.24) is 4.98 Å². The molecule has 2 aromatic rings. The number of halogens is 3. The topological polar surface area (TPSA) is 22.1 Å². The van der Waals surface area contributed by atoms with Gasteiger partial charge in [-0.15, -0.1) is 0 Å². The number of ether oxygens (including phenoxy) is 1. The molecule has 0 saturated carbocycles. The van der Waals surface area contributed by atoms with Crippen molar-refractivity contribution in [1.29, 1.82) is 0 Å². The second-order valence-corrected chi connectivity index (χ2v) is 5.52. The molecule has 0 fully saturated rings. The van der Waals surface area contributed by atoms with Crippen LogP contribution in [0.2, 0.25) is 10.0 Å². The Labute approximate surface area is 124 Å². The van der Waals surface area contributed by atoms with Crippen molar-refractivity contribution >= 4 is 39.1 Å². The van der Waals surface area contributed by atoms with E-state index in [1.807, 2.05) is 13.0 Å². The largest absolute Gasteiger partial charge is 0.484 e. The van der Waals surface area contributed by atoms with Crippen LogP contribution >= 0.6 is 39.1 Å². The van der Waals surface area contributed by atoms with E-state index in [1.165, 1.54) is 0 Å². The minimum atomic E-state index is -0.202. The quantitative estimate of drug-likeness (QED) is 0.753. The van der Waals surface area contributed by atoms with Crippen molar-refractivity contribution < 1.29 is 4.74 Å². The Bertz CT molecular complexity index is 562. The molecule has 5 heteroatoms. The van der Waals surface area contributed by atoms with E-state index in [1.54, 1.807) is 30.6 Å². The third kappa shape index (κ3) is 3.37. The molecule has 1 heterocycles. The van der Waals surface area contributed by atoms with Crippen molar-refractivity contribution in [3.05, 3.63) is 56.7 Å². The zero-order valence-electron chi connectivity index (χ0n) is 9.53. The number of benzene rings is 1. The van der Waals surface area contributed by atoms with Gasteiger partial charge >= 0.3 is 0 Å². The number of rotatable bonds is 3. The lowest BCUT2D eigenvalue weighted by atomic mass is 10.1. The van der Waals surface area contributed by atoms with Crippen LogP contribution in [0.1, 0.15) is 18.6 Å². The molecule has 0 amide bonds. The summed E-state index contributed by atoms with van der Waals surface area (Å²) >= 11 is 15.4. The lowest BCUT2D eigenvalue weighted by Crippen LogP contribution is -2.04. The molecular formula is C13H10BrCl2NO. The maximum absolute atomic E-state index is 6.13. The number of aromatic nitrogens is 1. The Hall–Kier alpha value is -0.770. The van der Waals surface area contributed by atoms with Gasteiger partial charge in [-0.3, -0.25) is 4.98 Å². The molecular weight excluding hydrogens is 337 g/mol. The Balaban J connectivity index is 2.21. The highest BCUT2D eigenvalue weighted by Crippen LogP contribution is 2.30. The average Bonchev–Trinajstić information content (AvgIpc) is 2.32. The minimum Gasteiger partial charge on any atom is -0.484 e. The van der Waals surface area contributed by atoms with Gasteiger partial charge in [0.05, 0.1) is 6.20 Å². The van der Waals surface area contributed by atoms with Crippen LogP contribution < -0.4 is 4.74 Å². The predicted octanol–water partition coefficient (Wildman–Crippen LogP) is 5.29. The summed E-state index contributed by atoms with van der Waals surface area (Å²) in [6.07, 6.45) is 3.15. The van der Waals surface area contributed by atoms with Crippen LogP contribution in [0.25, 0.3) is 0 Å². The molecule has 0 N–H and O–H groups in total. The third-order valence-corrected chi connectivity index (χ3v) is 3.40. The molecule has 0 saturated heterocycles. The summed E-state index contributed by atoms with van der Waals surface area (Å²) in [6.45, 7) is 1.92. The van der Waals surface area contributed by atoms with Gasteiger partial charge in [-0.1, -0.05) is 23.2 Å². The monoisotopic (exact) mass is 345 g/mol. The molecule has 1 aromatic carbocycles. The molecule has 0 aliphatic heterocycles. The van der Waals surface area contributed by atoms with Gasteiger partial charge in [0.15, 0.2) is 0 Å². The number of hydrogen-bond acceptors (Lipinski definition) is 2. The van der Waals surface area contributed by atoms with Gasteiger partial charge in [0.25, 0.3) is 0 Å². The van der Waals surface area contributed by atoms with Crippen LogP contribution in [-0.2, 0) is 0 Å². The first-order valence-corrected chi connectivity index (χ1v) is 6.83. The summed E-state index contributed by atoms with van der Waals surface area (Å²) in [5.41, 5.74) is 0.851. The predicted molar refractivity (Wildman–Crippen MR) is 77.4 cm³/mol. The Morgan fingerprint density at radius 1 is 1.22 bits per heavy atom. The van der Waals surface area contributed by atoms with Crippen LogP contribution in [0.4, 0.5) is 0 Å². The number of nitrogens with zero attached hydrogens (tertiary/aromatic N) is 1. The standard InChI is InChI=1S/C13H10BrCl2NO/c1-8(12-5-10(15)2-3-13(12)16)18-11-4-9(14)6-17-7-11/h2-8H,1H3/t8-/m1/s1. The number of hydrogen-bond donors (Lipinski definition) is 0. The molecule has 0 aliphatic carbocycles. The SMILES string of the molecule is C[C@@H](Oc1cncc(Br)c1)c1cc(Cl)ccc1Cl. The van der Waals surface area contributed by atoms with Gasteiger partial charge in [-0.25, -0.2) is 0 Å². The van der Waals surface area contributed by atoms with Crippen LogP contribution in [0.5, 0.6) is 5.75 Å². The van der Waals surface area contributed by atoms with Crippen molar-refractivity contribution in [3.63, 3.8) is 0 Å². The van der Waals surface area contributed by atoms with E-state index in [0.29, 0.717) is 15.8 Å². The molecule has 1 atom stereocenters. The van der Waals surface area contributed by atoms with Gasteiger partial charge in [-0.05, 0) is 47.1 Å². The van der Waals surface area contributed by atoms with Gasteiger partial charge in [-0.2, -0.15) is 0 Å². The van der Waals surface area contributed by atoms with Gasteiger partial charge in [0.1, 0.15) is 11.9 Å². The molecule has 0 spiro atoms. The van der Waals surface area contributed by atoms with Crippen LogP contribution in [0.15, 0.2) is 41.1 Å². The summed E-state index contributed by atoms with van der Waals surface area (Å²) in [5, 5.41) is 1.27. The van der Waals surface area contributed by atoms with E-state index in [2.05, 4.69) is 20.9 Å². The van der Waals surface area contributed by atoms with Crippen LogP contribution in [0, 0.1) is 0 Å². The minimum absolute atomic E-state index is 0.202. The fourth-order valence-electron chi connectivity index (χ4n) is 1.55. The van der Waals surface area contributed by atoms with E-state index >= 15 is 0 Å². The van der Waals surface area contributed by atoms with Crippen LogP contribution in [0.3, 0.4) is 0 Å². The van der Waals surface area contributed by atoms with E-state index in [9.17, 15) is 0 Å². The summed E-state index contributed by atoms with van der Waals surface area (Å²) in [4.78, 5) is 4.04. The molecule has 94 valence electrons. The highest BCUT2D eigenvalue weighted by atomic mass is 79.9. The fraction of sp³-hybridized carbons (Fsp3) is 0.154. The van der Waals surface area contributed by atoms with E-state index < -0.39 is 0 Å². The zero-order chi connectivity index (χ0) is 13.1. The Morgan fingerprint density at radius 3 is 2.72 bits per heavy atom. The second kappa shape index (κ2) is 5.91. The summed E-state index contributed by atoms with van der Waals surface area (Å²) in [7, 11) is 0. The first-order valence-electron chi connectivity index (χ1n) is 5.28. The second-order valence-electron chi connectivity index (χ2n) is 3.76. The fourth-order valence-corrected chi connectivity index (χ4v) is 2.35. The van der Waals surface area contributed by atoms with Crippen LogP contribution in [-0.4, -0.2) is 4.98 Å². The van der Waals surface area contributed by atoms with Gasteiger partial charge in [0, 0.05) is 26.3 Å². The molecule has 18 heavy (non-hydrogen) atoms. The molecule has 0 radical (unpaired) electrons. The van der Waals surface area contributed by atoms with E-state index in [0.717, 1.165) is 10.0 Å². The zero-order valence-corrected chi connectivity index (χ0v) is 12.6. The van der Waals surface area contributed by atoms with Gasteiger partial charge < -0.3 is 4.74 Å². The molecule has 0 unspecified atom stereocenters. The summed E-state index contributed by atoms with van der Waals surface area (Å²) < 4.78 is 6.65. The first kappa shape index (κ1) is 13.7. The molecule has 0 aliphatic rings. The normalized spacial score (nSPS) is 12.2. The van der Waals surface area contributed by atoms with Crippen molar-refractivity contribution in [2.24, 2.45) is 0 Å². The van der Waals surface area contributed by atoms with Crippen molar-refractivity contribution in [3.8, 4) is 5.75 Å². The molecule has 2 rings (SSSR count). The third-order valence-electron chi connectivity index (χ3n) is 2.39. The lowest BCUT2D eigenvalue weighted by molar-refractivity contribution is 0.226. The summed E-state index contributed by atoms with van der Waals surface area (Å²) in [6, 6.07) is 7.17. The first-order chi connectivity index (χ1) is 8.56. The smallest absolute Gasteiger partial charge is 0.139 e. The summed E-state index contributed by atoms with van der Waals surface area (Å²) in [5.74, 6) is 0.674. The molecule has 2 nitrogen and oxygen atoms in total. The van der Waals surface area contributed by atoms with Crippen molar-refractivity contribution in [2.75, 3.05) is 0 Å². The Morgan fingerprint density at radius 2 is 2.00 bits per heavy atom. The maximum atomic E-state index is 6.13. The average molecular weight is 347 g/mol. The van der Waals surface area contributed by atoms with Crippen molar-refractivity contribution in [2.45, 2.75) is 13.0 Å². The highest BCUT2D eigenvalue weighted by molar-refractivity contribution is 9.10. The van der Waals surface area contributed by atoms with Gasteiger partial charge in [0.2, 0.25) is 0 Å². The molecule has 1 aromatic heterocycles.